The summed E-state index contributed by atoms with van der Waals surface area (Å²) < 4.78 is 28.6. The van der Waals surface area contributed by atoms with Gasteiger partial charge in [-0.25, -0.2) is 19.9 Å². The Balaban J connectivity index is 0.541. The minimum Gasteiger partial charge on any atom is -0.497 e. The van der Waals surface area contributed by atoms with E-state index in [-0.39, 0.29) is 155 Å². The van der Waals surface area contributed by atoms with Crippen molar-refractivity contribution in [2.24, 2.45) is 92.1 Å². The summed E-state index contributed by atoms with van der Waals surface area (Å²) in [6.07, 6.45) is 20.1. The number of hydrogen-bond donors (Lipinski definition) is 16. The Bertz CT molecular complexity index is 5400. The summed E-state index contributed by atoms with van der Waals surface area (Å²) in [5.74, 6) is -4.00. The van der Waals surface area contributed by atoms with Crippen molar-refractivity contribution in [3.63, 3.8) is 0 Å². The number of aliphatic hydroxyl groups excluding tert-OH is 6. The van der Waals surface area contributed by atoms with Gasteiger partial charge in [-0.1, -0.05) is 6.42 Å². The summed E-state index contributed by atoms with van der Waals surface area (Å²) in [6.45, 7) is 5.80. The third-order valence-corrected chi connectivity index (χ3v) is 22.1. The molecule has 8 aromatic rings. The number of anilines is 6. The van der Waals surface area contributed by atoms with E-state index < -0.39 is 59.2 Å². The quantitative estimate of drug-likeness (QED) is 0.0118. The third kappa shape index (κ3) is 29.6. The maximum Gasteiger partial charge on any atom is 0.292 e. The fourth-order valence-electron chi connectivity index (χ4n) is 13.9. The molecule has 0 spiro atoms. The van der Waals surface area contributed by atoms with Crippen LogP contribution in [0.2, 0.25) is 0 Å². The molecule has 4 atom stereocenters. The first-order valence-corrected chi connectivity index (χ1v) is 43.2. The molecule has 2 aliphatic heterocycles. The van der Waals surface area contributed by atoms with Gasteiger partial charge in [-0.3, -0.25) is 58.3 Å². The molecule has 0 aliphatic carbocycles. The Morgan fingerprint density at radius 3 is 1.39 bits per heavy atom. The van der Waals surface area contributed by atoms with E-state index in [9.17, 15) is 69.0 Å². The average molecular weight is 1810 g/mol. The molecular weight excluding hydrogens is 1690 g/mol. The van der Waals surface area contributed by atoms with E-state index in [0.29, 0.717) is 128 Å². The Morgan fingerprint density at radius 2 is 0.907 bits per heavy atom. The predicted molar refractivity (Wildman–Crippen MR) is 489 cm³/mol. The van der Waals surface area contributed by atoms with Crippen LogP contribution >= 0.6 is 11.8 Å². The number of nitrogens with two attached hydrogens (primary N) is 1. The molecule has 0 aromatic carbocycles. The van der Waals surface area contributed by atoms with E-state index in [0.717, 1.165) is 25.0 Å². The number of nitrogens with one attached hydrogen (secondary N) is 9. The lowest BCUT2D eigenvalue weighted by Gasteiger charge is -2.17. The second-order valence-electron chi connectivity index (χ2n) is 31.0. The van der Waals surface area contributed by atoms with Gasteiger partial charge in [-0.2, -0.15) is 16.8 Å². The number of amides is 8. The number of carbonyl (C=O) groups excluding carboxylic acids is 8. The van der Waals surface area contributed by atoms with Crippen LogP contribution in [-0.4, -0.2) is 298 Å². The maximum atomic E-state index is 13.7. The molecular formula is C83H116N28O17S. The van der Waals surface area contributed by atoms with Gasteiger partial charge in [0.1, 0.15) is 28.5 Å². The van der Waals surface area contributed by atoms with Crippen LogP contribution < -0.4 is 53.6 Å². The van der Waals surface area contributed by atoms with Crippen molar-refractivity contribution in [3.05, 3.63) is 132 Å². The van der Waals surface area contributed by atoms with Gasteiger partial charge < -0.3 is 140 Å². The smallest absolute Gasteiger partial charge is 0.292 e. The summed E-state index contributed by atoms with van der Waals surface area (Å²) in [7, 11) is 14.8. The number of aliphatic hydroxyl groups is 6. The van der Waals surface area contributed by atoms with Crippen LogP contribution in [0.25, 0.3) is 0 Å². The van der Waals surface area contributed by atoms with Crippen LogP contribution in [0.3, 0.4) is 0 Å². The van der Waals surface area contributed by atoms with Crippen LogP contribution in [0.4, 0.5) is 40.1 Å². The van der Waals surface area contributed by atoms with Crippen LogP contribution in [-0.2, 0) is 70.6 Å². The maximum absolute atomic E-state index is 13.7. The van der Waals surface area contributed by atoms with Gasteiger partial charge in [0.2, 0.25) is 17.5 Å². The second kappa shape index (κ2) is 47.9. The first-order valence-electron chi connectivity index (χ1n) is 42.1. The zero-order chi connectivity index (χ0) is 92.8. The van der Waals surface area contributed by atoms with E-state index in [1.165, 1.54) is 117 Å². The lowest BCUT2D eigenvalue weighted by molar-refractivity contribution is 0.0143. The van der Waals surface area contributed by atoms with Gasteiger partial charge in [0.15, 0.2) is 41.1 Å². The summed E-state index contributed by atoms with van der Waals surface area (Å²) in [4.78, 5) is 147. The largest absolute Gasteiger partial charge is 0.497 e. The minimum atomic E-state index is -1.07. The van der Waals surface area contributed by atoms with Crippen molar-refractivity contribution in [1.29, 1.82) is 0 Å². The lowest BCUT2D eigenvalue weighted by atomic mass is 10.0. The zero-order valence-corrected chi connectivity index (χ0v) is 74.5. The monoisotopic (exact) mass is 1810 g/mol. The Morgan fingerprint density at radius 1 is 0.488 bits per heavy atom. The zero-order valence-electron chi connectivity index (χ0n) is 73.7. The first-order chi connectivity index (χ1) is 61.8. The van der Waals surface area contributed by atoms with Crippen LogP contribution in [0.1, 0.15) is 161 Å². The molecule has 696 valence electrons. The van der Waals surface area contributed by atoms with E-state index in [1.807, 2.05) is 18.8 Å². The van der Waals surface area contributed by atoms with Gasteiger partial charge >= 0.3 is 0 Å². The molecule has 10 rings (SSSR count). The number of rotatable bonds is 52. The molecule has 46 heteroatoms. The lowest BCUT2D eigenvalue weighted by Crippen LogP contribution is -2.38. The van der Waals surface area contributed by atoms with E-state index in [1.54, 1.807) is 61.7 Å². The number of imidazole rings is 3. The molecule has 10 heterocycles. The molecule has 45 nitrogen and oxygen atoms in total. The van der Waals surface area contributed by atoms with Crippen LogP contribution in [0.15, 0.2) is 116 Å². The molecule has 8 aromatic heterocycles. The minimum absolute atomic E-state index is 0.00932. The summed E-state index contributed by atoms with van der Waals surface area (Å²) >= 11 is 1.89. The second-order valence-corrected chi connectivity index (χ2v) is 32.3. The highest BCUT2D eigenvalue weighted by Gasteiger charge is 2.41. The van der Waals surface area contributed by atoms with Crippen molar-refractivity contribution < 1.29 is 83.2 Å². The van der Waals surface area contributed by atoms with E-state index >= 15 is 0 Å². The number of aliphatic imine (C=N–C) groups is 6. The molecule has 1 saturated heterocycles. The molecule has 0 saturated carbocycles. The van der Waals surface area contributed by atoms with Gasteiger partial charge in [0, 0.05) is 195 Å². The van der Waals surface area contributed by atoms with Gasteiger partial charge in [0.25, 0.3) is 53.3 Å². The van der Waals surface area contributed by atoms with Crippen LogP contribution in [0.5, 0.6) is 0 Å². The Labute approximate surface area is 747 Å². The standard InChI is InChI=1S/C83H116N28O17S/c1-103(29-12-22-85-67(113)18-19-68(114)88-25-15-33-127-35-37-128-36-34-126-32-14-24-87-66(112)17-11-10-16-63-70-57(50-129-63)97-83(125)102-70)30-13-23-86-69(115)21-27-91-76(118)59-39-52(44-106(59)4)92-77(119)60-40-53(45-107(60)5)94-79(121)62-42-54(46-109(62)7)95-81(123)72-98-64(48-110(72)8)100-74(116)56(84)20-26-90-75(117)58-38-51(43-105(58)3)93-78(120)61-41-55(47-108(61)6)96-82(124)73-99-65(49-111(73)9)101-80(122)71-89-28-31-104(71)2/h28,31,38-49,56-57,63,70H,10-27,29-30,32-37,50,84H2,1-9H3,(H,85,113)(H,86,115)(H,87,112)(H,88,114)(H,90,117)(H,91,118)(H,92,119)(H,93,120)(H,94,121)(H,95,123)(H,96,124)(H,100,116)(H,101,122)(H2,97,102,125)/t56-,57-,63-,70-/m0/s1. The molecule has 129 heavy (non-hydrogen) atoms. The number of nitrogens with zero attached hydrogens (tertiary/aromatic N) is 18. The Kier molecular flexibility index (Phi) is 36.3. The molecule has 2 aliphatic rings. The topological polar surface area (TPSA) is 575 Å². The highest BCUT2D eigenvalue weighted by atomic mass is 32.2. The van der Waals surface area contributed by atoms with Crippen molar-refractivity contribution >= 4 is 135 Å². The highest BCUT2D eigenvalue weighted by Crippen LogP contribution is 2.35. The van der Waals surface area contributed by atoms with Gasteiger partial charge in [-0.15, -0.1) is 0 Å². The molecule has 0 radical (unpaired) electrons. The highest BCUT2D eigenvalue weighted by molar-refractivity contribution is 8.00. The molecule has 8 amide bonds. The average Bonchev–Trinajstić information content (AvgIpc) is 1.68. The number of hydrogen-bond acceptors (Lipinski definition) is 24. The molecule has 0 bridgehead atoms. The fourth-order valence-corrected chi connectivity index (χ4v) is 15.4. The molecule has 0 unspecified atom stereocenters. The number of aryl methyl sites for hydroxylation is 8. The van der Waals surface area contributed by atoms with Crippen molar-refractivity contribution in [2.45, 2.75) is 100 Å². The number of amidine groups is 1. The Hall–Kier alpha value is -13.4. The molecule has 17 N–H and O–H groups in total. The number of fused-ring (bicyclic) bond motifs is 1. The van der Waals surface area contributed by atoms with Gasteiger partial charge in [0.05, 0.1) is 79.2 Å². The third-order valence-electron chi connectivity index (χ3n) is 20.6. The molecule has 1 fully saturated rings. The van der Waals surface area contributed by atoms with Crippen LogP contribution in [0, 0.1) is 0 Å². The van der Waals surface area contributed by atoms with Crippen molar-refractivity contribution in [3.8, 4) is 0 Å². The van der Waals surface area contributed by atoms with Gasteiger partial charge in [-0.05, 0) is 95.4 Å². The SMILES string of the molecule is CN(CCCN=C(O)CCNC(=O)c1cc(NC(=O)c2cc(NC(=O)c3cc(NC(=O)c4nc(N=C(O)[C@@H](N)CCNC(=O)c5cc(NC(=O)c6cc(NC(=O)c7nc(NC(=O)c8nccn8C)cn7C)cn6C)cn5C)cn4C)cn3C)cn2C)cn1C)CCCN=C(O)CCC(O)=NCCCOCCOCCOCCCN=C(O)CCCC[C@@H]1SC[C@@H]2N=C(O)N[C@@H]21. The van der Waals surface area contributed by atoms with Crippen molar-refractivity contribution in [2.75, 3.05) is 137 Å². The summed E-state index contributed by atoms with van der Waals surface area (Å²) in [5.41, 5.74) is 8.55. The predicted octanol–water partition coefficient (Wildman–Crippen LogP) is 6.03. The summed E-state index contributed by atoms with van der Waals surface area (Å²) in [5, 5.41) is 87.0. The summed E-state index contributed by atoms with van der Waals surface area (Å²) in [6, 6.07) is 6.67. The fraction of sp³-hybridized carbons (Fsp3) is 0.482. The van der Waals surface area contributed by atoms with E-state index in [2.05, 4.69) is 97.7 Å². The number of thioether (sulfide) groups is 1. The first kappa shape index (κ1) is 97.7. The number of aromatic nitrogens is 11. The normalized spacial score (nSPS) is 15.1. The number of carbonyl (C=O) groups is 8. The van der Waals surface area contributed by atoms with E-state index in [4.69, 9.17) is 19.9 Å². The van der Waals surface area contributed by atoms with Crippen molar-refractivity contribution in [1.82, 2.24) is 72.3 Å². The number of unbranched alkanes of at least 4 members (excludes halogenated alkanes) is 1. The number of ether oxygens (including phenoxy) is 3.